The highest BCUT2D eigenvalue weighted by molar-refractivity contribution is 9.10. The minimum atomic E-state index is 0.293. The summed E-state index contributed by atoms with van der Waals surface area (Å²) < 4.78 is 1.18. The average Bonchev–Trinajstić information content (AvgIpc) is 2.79. The number of thiophene rings is 1. The number of halogens is 1. The van der Waals surface area contributed by atoms with Crippen LogP contribution in [0.1, 0.15) is 69.9 Å². The Labute approximate surface area is 123 Å². The zero-order valence-electron chi connectivity index (χ0n) is 11.3. The predicted molar refractivity (Wildman–Crippen MR) is 84.7 cm³/mol. The van der Waals surface area contributed by atoms with E-state index < -0.39 is 0 Å². The molecular weight excluding hydrogens is 308 g/mol. The fourth-order valence-corrected chi connectivity index (χ4v) is 3.80. The van der Waals surface area contributed by atoms with Crippen LogP contribution < -0.4 is 11.3 Å². The number of nitrogens with two attached hydrogens (primary N) is 1. The number of hydrogen-bond acceptors (Lipinski definition) is 3. The molecule has 1 aromatic heterocycles. The van der Waals surface area contributed by atoms with Crippen molar-refractivity contribution in [1.29, 1.82) is 0 Å². The topological polar surface area (TPSA) is 38.0 Å². The number of rotatable bonds is 10. The average molecular weight is 333 g/mol. The van der Waals surface area contributed by atoms with E-state index in [0.29, 0.717) is 6.04 Å². The van der Waals surface area contributed by atoms with Crippen LogP contribution in [0.2, 0.25) is 0 Å². The van der Waals surface area contributed by atoms with E-state index in [9.17, 15) is 0 Å². The third-order valence-corrected chi connectivity index (χ3v) is 5.07. The van der Waals surface area contributed by atoms with Crippen LogP contribution in [0.3, 0.4) is 0 Å². The summed E-state index contributed by atoms with van der Waals surface area (Å²) in [7, 11) is 0. The molecule has 0 fully saturated rings. The van der Waals surface area contributed by atoms with Crippen LogP contribution in [-0.4, -0.2) is 0 Å². The molecule has 104 valence electrons. The molecule has 0 aromatic carbocycles. The summed E-state index contributed by atoms with van der Waals surface area (Å²) >= 11 is 5.29. The second-order valence-electron chi connectivity index (χ2n) is 4.80. The summed E-state index contributed by atoms with van der Waals surface area (Å²) in [6.45, 7) is 2.26. The molecule has 4 heteroatoms. The van der Waals surface area contributed by atoms with E-state index in [1.54, 1.807) is 11.3 Å². The smallest absolute Gasteiger partial charge is 0.0479 e. The van der Waals surface area contributed by atoms with Crippen LogP contribution in [0.15, 0.2) is 15.2 Å². The fraction of sp³-hybridized carbons (Fsp3) is 0.714. The van der Waals surface area contributed by atoms with Gasteiger partial charge in [-0.25, -0.2) is 0 Å². The van der Waals surface area contributed by atoms with Gasteiger partial charge in [-0.2, -0.15) is 11.3 Å². The predicted octanol–water partition coefficient (Wildman–Crippen LogP) is 5.16. The van der Waals surface area contributed by atoms with Crippen LogP contribution in [0.4, 0.5) is 0 Å². The minimum absolute atomic E-state index is 0.293. The Hall–Kier alpha value is 0.100. The highest BCUT2D eigenvalue weighted by atomic mass is 79.9. The number of hydrazine groups is 1. The van der Waals surface area contributed by atoms with Crippen molar-refractivity contribution in [1.82, 2.24) is 5.43 Å². The summed E-state index contributed by atoms with van der Waals surface area (Å²) in [5.41, 5.74) is 4.23. The summed E-state index contributed by atoms with van der Waals surface area (Å²) in [6.07, 6.45) is 10.6. The van der Waals surface area contributed by atoms with E-state index in [0.717, 1.165) is 6.42 Å². The lowest BCUT2D eigenvalue weighted by Crippen LogP contribution is -2.27. The molecule has 1 aromatic rings. The van der Waals surface area contributed by atoms with Crippen LogP contribution in [0.25, 0.3) is 0 Å². The van der Waals surface area contributed by atoms with Gasteiger partial charge in [0.1, 0.15) is 0 Å². The van der Waals surface area contributed by atoms with Gasteiger partial charge in [0.25, 0.3) is 0 Å². The van der Waals surface area contributed by atoms with Crippen LogP contribution in [0, 0.1) is 0 Å². The third-order valence-electron chi connectivity index (χ3n) is 3.32. The molecule has 3 N–H and O–H groups in total. The molecule has 0 radical (unpaired) electrons. The Balaban J connectivity index is 2.15. The van der Waals surface area contributed by atoms with E-state index >= 15 is 0 Å². The van der Waals surface area contributed by atoms with Crippen molar-refractivity contribution in [3.8, 4) is 0 Å². The maximum absolute atomic E-state index is 5.65. The number of unbranched alkanes of at least 4 members (excludes halogenated alkanes) is 6. The Morgan fingerprint density at radius 3 is 2.39 bits per heavy atom. The molecule has 0 saturated heterocycles. The van der Waals surface area contributed by atoms with Gasteiger partial charge >= 0.3 is 0 Å². The molecule has 1 unspecified atom stereocenters. The van der Waals surface area contributed by atoms with Crippen molar-refractivity contribution in [2.24, 2.45) is 5.84 Å². The quantitative estimate of drug-likeness (QED) is 0.353. The molecule has 0 aliphatic rings. The van der Waals surface area contributed by atoms with Gasteiger partial charge < -0.3 is 0 Å². The van der Waals surface area contributed by atoms with Crippen molar-refractivity contribution in [3.05, 3.63) is 20.8 Å². The first kappa shape index (κ1) is 16.2. The molecule has 0 amide bonds. The second-order valence-corrected chi connectivity index (χ2v) is 6.40. The summed E-state index contributed by atoms with van der Waals surface area (Å²) in [5.74, 6) is 5.65. The zero-order chi connectivity index (χ0) is 13.2. The normalized spacial score (nSPS) is 12.8. The number of hydrogen-bond donors (Lipinski definition) is 2. The molecular formula is C14H25BrN2S. The maximum atomic E-state index is 5.65. The van der Waals surface area contributed by atoms with Gasteiger partial charge in [-0.15, -0.1) is 0 Å². The highest BCUT2D eigenvalue weighted by Crippen LogP contribution is 2.29. The van der Waals surface area contributed by atoms with Crippen molar-refractivity contribution >= 4 is 27.3 Å². The molecule has 1 atom stereocenters. The van der Waals surface area contributed by atoms with Crippen LogP contribution >= 0.6 is 27.3 Å². The highest BCUT2D eigenvalue weighted by Gasteiger charge is 2.13. The van der Waals surface area contributed by atoms with E-state index in [-0.39, 0.29) is 0 Å². The van der Waals surface area contributed by atoms with E-state index in [1.165, 1.54) is 55.0 Å². The van der Waals surface area contributed by atoms with Gasteiger partial charge in [0.15, 0.2) is 0 Å². The van der Waals surface area contributed by atoms with Crippen molar-refractivity contribution in [2.45, 2.75) is 64.3 Å². The molecule has 0 saturated carbocycles. The fourth-order valence-electron chi connectivity index (χ4n) is 2.17. The Morgan fingerprint density at radius 2 is 1.83 bits per heavy atom. The summed E-state index contributed by atoms with van der Waals surface area (Å²) in [5, 5.41) is 4.29. The molecule has 18 heavy (non-hydrogen) atoms. The van der Waals surface area contributed by atoms with E-state index in [1.807, 2.05) is 0 Å². The lowest BCUT2D eigenvalue weighted by atomic mass is 10.0. The van der Waals surface area contributed by atoms with Gasteiger partial charge in [0.2, 0.25) is 0 Å². The van der Waals surface area contributed by atoms with Gasteiger partial charge in [-0.3, -0.25) is 11.3 Å². The first-order valence-electron chi connectivity index (χ1n) is 6.97. The first-order valence-corrected chi connectivity index (χ1v) is 8.70. The lowest BCUT2D eigenvalue weighted by Gasteiger charge is -2.15. The van der Waals surface area contributed by atoms with Crippen LogP contribution in [0.5, 0.6) is 0 Å². The van der Waals surface area contributed by atoms with Gasteiger partial charge in [-0.05, 0) is 33.3 Å². The molecule has 0 spiro atoms. The SMILES string of the molecule is CCCCCCCCCC(NN)c1cscc1Br. The molecule has 0 aliphatic heterocycles. The second kappa shape index (κ2) is 9.96. The summed E-state index contributed by atoms with van der Waals surface area (Å²) in [4.78, 5) is 0. The Morgan fingerprint density at radius 1 is 1.17 bits per heavy atom. The summed E-state index contributed by atoms with van der Waals surface area (Å²) in [6, 6.07) is 0.293. The monoisotopic (exact) mass is 332 g/mol. The molecule has 1 heterocycles. The molecule has 2 nitrogen and oxygen atoms in total. The van der Waals surface area contributed by atoms with Crippen molar-refractivity contribution in [3.63, 3.8) is 0 Å². The van der Waals surface area contributed by atoms with E-state index in [2.05, 4.69) is 39.0 Å². The van der Waals surface area contributed by atoms with Crippen LogP contribution in [-0.2, 0) is 0 Å². The van der Waals surface area contributed by atoms with Gasteiger partial charge in [0.05, 0.1) is 0 Å². The minimum Gasteiger partial charge on any atom is -0.271 e. The van der Waals surface area contributed by atoms with Crippen molar-refractivity contribution < 1.29 is 0 Å². The maximum Gasteiger partial charge on any atom is 0.0479 e. The molecule has 0 aliphatic carbocycles. The molecule has 1 rings (SSSR count). The zero-order valence-corrected chi connectivity index (χ0v) is 13.7. The molecule has 0 bridgehead atoms. The standard InChI is InChI=1S/C14H25BrN2S/c1-2-3-4-5-6-7-8-9-14(17-16)12-10-18-11-13(12)15/h10-11,14,17H,2-9,16H2,1H3. The van der Waals surface area contributed by atoms with Gasteiger partial charge in [-0.1, -0.05) is 51.9 Å². The van der Waals surface area contributed by atoms with Gasteiger partial charge in [0, 0.05) is 15.9 Å². The first-order chi connectivity index (χ1) is 8.79. The number of nitrogens with one attached hydrogen (secondary N) is 1. The van der Waals surface area contributed by atoms with Crippen molar-refractivity contribution in [2.75, 3.05) is 0 Å². The Bertz CT molecular complexity index is 314. The Kier molecular flexibility index (Phi) is 8.94. The lowest BCUT2D eigenvalue weighted by molar-refractivity contribution is 0.475. The third kappa shape index (κ3) is 5.83. The van der Waals surface area contributed by atoms with E-state index in [4.69, 9.17) is 5.84 Å². The largest absolute Gasteiger partial charge is 0.271 e.